The van der Waals surface area contributed by atoms with E-state index in [4.69, 9.17) is 16.1 Å². The number of aromatic nitrogens is 3. The smallest absolute Gasteiger partial charge is 0.270 e. The highest BCUT2D eigenvalue weighted by atomic mass is 35.5. The van der Waals surface area contributed by atoms with E-state index in [1.54, 1.807) is 26.0 Å². The number of rotatable bonds is 6. The summed E-state index contributed by atoms with van der Waals surface area (Å²) in [6.07, 6.45) is 0.680. The van der Waals surface area contributed by atoms with Gasteiger partial charge < -0.3 is 15.2 Å². The summed E-state index contributed by atoms with van der Waals surface area (Å²) in [5, 5.41) is 10.4. The van der Waals surface area contributed by atoms with Crippen molar-refractivity contribution in [2.24, 2.45) is 0 Å². The zero-order valence-electron chi connectivity index (χ0n) is 14.4. The van der Waals surface area contributed by atoms with Crippen molar-refractivity contribution in [1.82, 2.24) is 20.4 Å². The summed E-state index contributed by atoms with van der Waals surface area (Å²) in [7, 11) is 0. The molecular formula is C18H18ClN5O2. The number of anilines is 2. The topological polar surface area (TPSA) is 92.9 Å². The first kappa shape index (κ1) is 17.9. The number of nitrogens with one attached hydrogen (secondary N) is 2. The molecule has 0 aliphatic carbocycles. The van der Waals surface area contributed by atoms with Gasteiger partial charge in [0.05, 0.1) is 0 Å². The van der Waals surface area contributed by atoms with Crippen LogP contribution in [0.25, 0.3) is 0 Å². The number of hydrogen-bond donors (Lipinski definition) is 2. The molecule has 0 radical (unpaired) electrons. The average Bonchev–Trinajstić information content (AvgIpc) is 2.99. The molecule has 26 heavy (non-hydrogen) atoms. The summed E-state index contributed by atoms with van der Waals surface area (Å²) in [4.78, 5) is 20.8. The largest absolute Gasteiger partial charge is 0.360 e. The van der Waals surface area contributed by atoms with E-state index in [-0.39, 0.29) is 11.6 Å². The molecule has 0 unspecified atom stereocenters. The molecule has 0 saturated carbocycles. The van der Waals surface area contributed by atoms with E-state index >= 15 is 0 Å². The van der Waals surface area contributed by atoms with E-state index < -0.39 is 0 Å². The fraction of sp³-hybridized carbons (Fsp3) is 0.222. The number of nitrogens with zero attached hydrogens (tertiary/aromatic N) is 3. The Labute approximate surface area is 155 Å². The van der Waals surface area contributed by atoms with Crippen molar-refractivity contribution in [1.29, 1.82) is 0 Å². The lowest BCUT2D eigenvalue weighted by Crippen LogP contribution is -2.27. The number of benzene rings is 1. The summed E-state index contributed by atoms with van der Waals surface area (Å²) < 4.78 is 5.00. The molecule has 0 aliphatic heterocycles. The van der Waals surface area contributed by atoms with Gasteiger partial charge in [0.25, 0.3) is 5.91 Å². The third kappa shape index (κ3) is 4.80. The fourth-order valence-corrected chi connectivity index (χ4v) is 2.62. The molecule has 0 atom stereocenters. The molecule has 3 rings (SSSR count). The molecular weight excluding hydrogens is 354 g/mol. The van der Waals surface area contributed by atoms with Gasteiger partial charge in [-0.3, -0.25) is 4.79 Å². The van der Waals surface area contributed by atoms with Crippen molar-refractivity contribution in [2.75, 3.05) is 11.9 Å². The molecule has 3 aromatic rings. The number of hydrogen-bond acceptors (Lipinski definition) is 6. The van der Waals surface area contributed by atoms with E-state index in [0.717, 1.165) is 5.56 Å². The van der Waals surface area contributed by atoms with E-state index in [2.05, 4.69) is 25.8 Å². The quantitative estimate of drug-likeness (QED) is 0.689. The summed E-state index contributed by atoms with van der Waals surface area (Å²) in [6.45, 7) is 4.00. The van der Waals surface area contributed by atoms with Crippen molar-refractivity contribution in [3.63, 3.8) is 0 Å². The highest BCUT2D eigenvalue weighted by Gasteiger charge is 2.11. The number of carbonyl (C=O) groups is 1. The SMILES string of the molecule is Cc1nc(Nc2cc(C)on2)cc(C(=O)NCCc2cccc(Cl)c2)n1. The summed E-state index contributed by atoms with van der Waals surface area (Å²) in [5.74, 6) is 1.89. The van der Waals surface area contributed by atoms with E-state index in [0.29, 0.717) is 41.2 Å². The molecule has 8 heteroatoms. The Hall–Kier alpha value is -2.93. The van der Waals surface area contributed by atoms with Crippen LogP contribution in [0, 0.1) is 13.8 Å². The molecule has 7 nitrogen and oxygen atoms in total. The normalized spacial score (nSPS) is 10.6. The van der Waals surface area contributed by atoms with Crippen LogP contribution in [0.4, 0.5) is 11.6 Å². The molecule has 0 spiro atoms. The number of amides is 1. The second-order valence-corrected chi connectivity index (χ2v) is 6.21. The lowest BCUT2D eigenvalue weighted by molar-refractivity contribution is 0.0949. The third-order valence-electron chi connectivity index (χ3n) is 3.54. The zero-order chi connectivity index (χ0) is 18.5. The number of carbonyl (C=O) groups excluding carboxylic acids is 1. The maximum Gasteiger partial charge on any atom is 0.270 e. The molecule has 0 bridgehead atoms. The van der Waals surface area contributed by atoms with E-state index in [1.807, 2.05) is 24.3 Å². The van der Waals surface area contributed by atoms with Gasteiger partial charge in [-0.2, -0.15) is 0 Å². The Morgan fingerprint density at radius 3 is 2.73 bits per heavy atom. The summed E-state index contributed by atoms with van der Waals surface area (Å²) in [6, 6.07) is 10.9. The van der Waals surface area contributed by atoms with Crippen LogP contribution in [-0.2, 0) is 6.42 Å². The second-order valence-electron chi connectivity index (χ2n) is 5.77. The van der Waals surface area contributed by atoms with Gasteiger partial charge in [-0.05, 0) is 38.0 Å². The fourth-order valence-electron chi connectivity index (χ4n) is 2.41. The van der Waals surface area contributed by atoms with Gasteiger partial charge in [0.1, 0.15) is 23.1 Å². The van der Waals surface area contributed by atoms with Crippen LogP contribution in [0.2, 0.25) is 5.02 Å². The second kappa shape index (κ2) is 7.97. The van der Waals surface area contributed by atoms with Gasteiger partial charge in [-0.1, -0.05) is 28.9 Å². The van der Waals surface area contributed by atoms with E-state index in [9.17, 15) is 4.79 Å². The Balaban J connectivity index is 1.63. The molecule has 0 saturated heterocycles. The minimum absolute atomic E-state index is 0.267. The van der Waals surface area contributed by atoms with E-state index in [1.165, 1.54) is 0 Å². The monoisotopic (exact) mass is 371 g/mol. The van der Waals surface area contributed by atoms with Crippen molar-refractivity contribution >= 4 is 29.1 Å². The van der Waals surface area contributed by atoms with Gasteiger partial charge in [-0.15, -0.1) is 0 Å². The highest BCUT2D eigenvalue weighted by Crippen LogP contribution is 2.15. The van der Waals surface area contributed by atoms with Crippen LogP contribution in [0.15, 0.2) is 40.9 Å². The zero-order valence-corrected chi connectivity index (χ0v) is 15.2. The Morgan fingerprint density at radius 1 is 1.15 bits per heavy atom. The average molecular weight is 372 g/mol. The Kier molecular flexibility index (Phi) is 5.48. The minimum Gasteiger partial charge on any atom is -0.360 e. The molecule has 0 aliphatic rings. The van der Waals surface area contributed by atoms with Crippen LogP contribution >= 0.6 is 11.6 Å². The van der Waals surface area contributed by atoms with Gasteiger partial charge in [0.2, 0.25) is 0 Å². The molecule has 0 fully saturated rings. The van der Waals surface area contributed by atoms with Crippen LogP contribution in [0.3, 0.4) is 0 Å². The third-order valence-corrected chi connectivity index (χ3v) is 3.78. The first-order chi connectivity index (χ1) is 12.5. The van der Waals surface area contributed by atoms with Crippen LogP contribution in [-0.4, -0.2) is 27.6 Å². The minimum atomic E-state index is -0.267. The molecule has 134 valence electrons. The van der Waals surface area contributed by atoms with Gasteiger partial charge in [0.15, 0.2) is 5.82 Å². The molecule has 2 N–H and O–H groups in total. The van der Waals surface area contributed by atoms with Gasteiger partial charge >= 0.3 is 0 Å². The predicted octanol–water partition coefficient (Wildman–Crippen LogP) is 3.45. The van der Waals surface area contributed by atoms with Crippen LogP contribution in [0.1, 0.15) is 27.6 Å². The molecule has 2 heterocycles. The molecule has 2 aromatic heterocycles. The molecule has 1 aromatic carbocycles. The number of aryl methyl sites for hydroxylation is 2. The Bertz CT molecular complexity index is 925. The summed E-state index contributed by atoms with van der Waals surface area (Å²) in [5.41, 5.74) is 1.34. The Morgan fingerprint density at radius 2 is 2.00 bits per heavy atom. The van der Waals surface area contributed by atoms with Crippen LogP contribution < -0.4 is 10.6 Å². The van der Waals surface area contributed by atoms with Gasteiger partial charge in [0, 0.05) is 23.7 Å². The first-order valence-corrected chi connectivity index (χ1v) is 8.46. The highest BCUT2D eigenvalue weighted by molar-refractivity contribution is 6.30. The maximum atomic E-state index is 12.4. The summed E-state index contributed by atoms with van der Waals surface area (Å²) >= 11 is 5.96. The van der Waals surface area contributed by atoms with Crippen molar-refractivity contribution in [3.05, 3.63) is 64.3 Å². The number of halogens is 1. The van der Waals surface area contributed by atoms with Gasteiger partial charge in [-0.25, -0.2) is 9.97 Å². The van der Waals surface area contributed by atoms with Crippen LogP contribution in [0.5, 0.6) is 0 Å². The lowest BCUT2D eigenvalue weighted by atomic mass is 10.1. The molecule has 1 amide bonds. The standard InChI is InChI=1S/C18H18ClN5O2/c1-11-8-17(24-26-11)23-16-10-15(21-12(2)22-16)18(25)20-7-6-13-4-3-5-14(19)9-13/h3-5,8-10H,6-7H2,1-2H3,(H,20,25)(H,21,22,23,24). The first-order valence-electron chi connectivity index (χ1n) is 8.08. The van der Waals surface area contributed by atoms with Crippen molar-refractivity contribution < 1.29 is 9.32 Å². The van der Waals surface area contributed by atoms with Crippen molar-refractivity contribution in [3.8, 4) is 0 Å². The predicted molar refractivity (Wildman–Crippen MR) is 98.8 cm³/mol. The maximum absolute atomic E-state index is 12.4. The van der Waals surface area contributed by atoms with Crippen molar-refractivity contribution in [2.45, 2.75) is 20.3 Å². The lowest BCUT2D eigenvalue weighted by Gasteiger charge is -2.08.